The minimum absolute atomic E-state index is 0.255. The van der Waals surface area contributed by atoms with Gasteiger partial charge in [0, 0.05) is 5.54 Å². The summed E-state index contributed by atoms with van der Waals surface area (Å²) < 4.78 is 0. The van der Waals surface area contributed by atoms with Gasteiger partial charge in [0.1, 0.15) is 0 Å². The highest BCUT2D eigenvalue weighted by Crippen LogP contribution is 2.46. The van der Waals surface area contributed by atoms with Gasteiger partial charge < -0.3 is 4.90 Å². The van der Waals surface area contributed by atoms with Gasteiger partial charge in [0.05, 0.1) is 39.2 Å². The fraction of sp³-hybridized carbons (Fsp3) is 1.00. The largest absolute Gasteiger partial charge is 0.316 e. The van der Waals surface area contributed by atoms with E-state index in [1.807, 2.05) is 20.8 Å². The summed E-state index contributed by atoms with van der Waals surface area (Å²) >= 11 is 0. The predicted octanol–water partition coefficient (Wildman–Crippen LogP) is -0.500. The quantitative estimate of drug-likeness (QED) is 0.450. The second kappa shape index (κ2) is 3.40. The third-order valence-corrected chi connectivity index (χ3v) is 2.78. The van der Waals surface area contributed by atoms with Crippen LogP contribution in [0.25, 0.3) is 0 Å². The number of hydrogen-bond donors (Lipinski definition) is 0. The van der Waals surface area contributed by atoms with Crippen LogP contribution in [-0.2, 0) is 0 Å². The summed E-state index contributed by atoms with van der Waals surface area (Å²) in [6.45, 7) is 5.93. The normalized spacial score (nSPS) is 38.6. The van der Waals surface area contributed by atoms with Gasteiger partial charge in [0.2, 0.25) is 0 Å². The molecule has 1 aliphatic rings. The Balaban J connectivity index is 3.06. The van der Waals surface area contributed by atoms with Crippen molar-refractivity contribution >= 4 is 39.2 Å². The van der Waals surface area contributed by atoms with E-state index in [4.69, 9.17) is 39.2 Å². The van der Waals surface area contributed by atoms with Crippen molar-refractivity contribution in [2.75, 3.05) is 0 Å². The first kappa shape index (κ1) is 12.4. The van der Waals surface area contributed by atoms with Gasteiger partial charge in [-0.05, 0) is 26.7 Å². The molecule has 3 atom stereocenters. The zero-order valence-electron chi connectivity index (χ0n) is 9.07. The lowest BCUT2D eigenvalue weighted by Gasteiger charge is -2.48. The maximum Gasteiger partial charge on any atom is 0.0903 e. The first-order valence-corrected chi connectivity index (χ1v) is 4.74. The number of likely N-dealkylation sites (tertiary alicyclic amines) is 1. The van der Waals surface area contributed by atoms with E-state index in [1.54, 1.807) is 4.90 Å². The van der Waals surface area contributed by atoms with Crippen LogP contribution in [0.15, 0.2) is 0 Å². The van der Waals surface area contributed by atoms with Crippen LogP contribution in [0.1, 0.15) is 20.8 Å². The van der Waals surface area contributed by atoms with Crippen molar-refractivity contribution in [2.24, 2.45) is 0 Å². The molecule has 0 aliphatic carbocycles. The molecule has 1 saturated heterocycles. The molecule has 1 nitrogen and oxygen atoms in total. The third kappa shape index (κ3) is 1.71. The van der Waals surface area contributed by atoms with Crippen molar-refractivity contribution in [1.29, 1.82) is 0 Å². The van der Waals surface area contributed by atoms with Gasteiger partial charge in [-0.2, -0.15) is 0 Å². The van der Waals surface area contributed by atoms with Crippen molar-refractivity contribution in [2.45, 2.75) is 49.2 Å². The van der Waals surface area contributed by atoms with Gasteiger partial charge in [0.15, 0.2) is 0 Å². The molecule has 1 aliphatic heterocycles. The summed E-state index contributed by atoms with van der Waals surface area (Å²) in [5, 5.41) is -1.14. The van der Waals surface area contributed by atoms with Crippen LogP contribution in [0.2, 0.25) is 11.6 Å². The smallest absolute Gasteiger partial charge is 0.0903 e. The number of hydrogen-bond acceptors (Lipinski definition) is 1. The molecule has 3 unspecified atom stereocenters. The van der Waals surface area contributed by atoms with E-state index in [2.05, 4.69) is 0 Å². The molecule has 0 aromatic carbocycles. The molecule has 10 radical (unpaired) electrons. The van der Waals surface area contributed by atoms with Gasteiger partial charge in [-0.25, -0.2) is 0 Å². The predicted molar refractivity (Wildman–Crippen MR) is 64.4 cm³/mol. The average Bonchev–Trinajstić information content (AvgIpc) is 2.10. The van der Waals surface area contributed by atoms with Crippen molar-refractivity contribution in [3.63, 3.8) is 0 Å². The highest BCUT2D eigenvalue weighted by Gasteiger charge is 2.49. The Morgan fingerprint density at radius 1 is 1.07 bits per heavy atom. The SMILES string of the molecule is [B]C1C([B])N(C(C)(C)C)C([B])([B])C1[B]. The molecule has 1 rings (SSSR count). The summed E-state index contributed by atoms with van der Waals surface area (Å²) in [6, 6.07) is 0. The summed E-state index contributed by atoms with van der Waals surface area (Å²) in [7, 11) is 29.5. The maximum atomic E-state index is 5.95. The Morgan fingerprint density at radius 3 is 1.64 bits per heavy atom. The number of rotatable bonds is 0. The lowest BCUT2D eigenvalue weighted by atomic mass is 9.45. The van der Waals surface area contributed by atoms with E-state index >= 15 is 0 Å². The fourth-order valence-electron chi connectivity index (χ4n) is 2.14. The second-order valence-electron chi connectivity index (χ2n) is 5.02. The van der Waals surface area contributed by atoms with Crippen LogP contribution >= 0.6 is 0 Å². The summed E-state index contributed by atoms with van der Waals surface area (Å²) in [6.07, 6.45) is 0. The molecule has 64 valence electrons. The van der Waals surface area contributed by atoms with Gasteiger partial charge in [0.25, 0.3) is 0 Å². The van der Waals surface area contributed by atoms with E-state index in [1.165, 1.54) is 0 Å². The standard InChI is InChI=1S/C8H12B5N/c1-7(2,3)14-6(11)4(9)5(10)8(14,12)13/h4-6H,1-3H3. The van der Waals surface area contributed by atoms with Gasteiger partial charge in [-0.1, -0.05) is 17.0 Å². The van der Waals surface area contributed by atoms with Crippen molar-refractivity contribution in [3.8, 4) is 0 Å². The number of nitrogens with zero attached hydrogens (tertiary/aromatic N) is 1. The summed E-state index contributed by atoms with van der Waals surface area (Å²) in [4.78, 5) is 1.77. The molecular formula is C8H12B5N. The highest BCUT2D eigenvalue weighted by molar-refractivity contribution is 6.46. The Morgan fingerprint density at radius 2 is 1.50 bits per heavy atom. The lowest BCUT2D eigenvalue weighted by molar-refractivity contribution is 0.122. The fourth-order valence-corrected chi connectivity index (χ4v) is 2.14. The molecule has 0 amide bonds. The Kier molecular flexibility index (Phi) is 3.00. The monoisotopic (exact) mass is 177 g/mol. The van der Waals surface area contributed by atoms with Gasteiger partial charge in [-0.3, -0.25) is 0 Å². The maximum absolute atomic E-state index is 5.95. The zero-order chi connectivity index (χ0) is 11.3. The molecule has 1 heterocycles. The molecule has 14 heavy (non-hydrogen) atoms. The van der Waals surface area contributed by atoms with Crippen LogP contribution in [0, 0.1) is 0 Å². The van der Waals surface area contributed by atoms with Gasteiger partial charge in [-0.15, -0.1) is 0 Å². The summed E-state index contributed by atoms with van der Waals surface area (Å²) in [5.41, 5.74) is -0.255. The Hall–Kier alpha value is 0.285. The third-order valence-electron chi connectivity index (χ3n) is 2.78. The lowest BCUT2D eigenvalue weighted by Crippen LogP contribution is -2.58. The van der Waals surface area contributed by atoms with E-state index in [9.17, 15) is 0 Å². The topological polar surface area (TPSA) is 3.24 Å². The average molecular weight is 176 g/mol. The van der Waals surface area contributed by atoms with Crippen LogP contribution in [-0.4, -0.2) is 60.9 Å². The van der Waals surface area contributed by atoms with E-state index in [-0.39, 0.29) is 5.54 Å². The molecule has 6 heteroatoms. The van der Waals surface area contributed by atoms with Crippen molar-refractivity contribution < 1.29 is 0 Å². The van der Waals surface area contributed by atoms with E-state index in [0.717, 1.165) is 0 Å². The van der Waals surface area contributed by atoms with Crippen LogP contribution in [0.5, 0.6) is 0 Å². The minimum atomic E-state index is -1.14. The van der Waals surface area contributed by atoms with Gasteiger partial charge >= 0.3 is 0 Å². The molecule has 0 aromatic heterocycles. The van der Waals surface area contributed by atoms with Crippen LogP contribution < -0.4 is 0 Å². The molecule has 0 N–H and O–H groups in total. The zero-order valence-corrected chi connectivity index (χ0v) is 9.07. The summed E-state index contributed by atoms with van der Waals surface area (Å²) in [5.74, 6) is -1.32. The second-order valence-corrected chi connectivity index (χ2v) is 5.02. The molecule has 0 spiro atoms. The Bertz CT molecular complexity index is 224. The van der Waals surface area contributed by atoms with E-state index < -0.39 is 22.9 Å². The van der Waals surface area contributed by atoms with Crippen molar-refractivity contribution in [1.82, 2.24) is 4.90 Å². The van der Waals surface area contributed by atoms with Crippen LogP contribution in [0.4, 0.5) is 0 Å². The molecule has 0 saturated carbocycles. The molecule has 1 fully saturated rings. The first-order chi connectivity index (χ1) is 6.10. The molecule has 0 bridgehead atoms. The minimum Gasteiger partial charge on any atom is -0.316 e. The van der Waals surface area contributed by atoms with Crippen LogP contribution in [0.3, 0.4) is 0 Å². The molecular weight excluding hydrogens is 164 g/mol. The Labute approximate surface area is 93.8 Å². The van der Waals surface area contributed by atoms with Crippen molar-refractivity contribution in [3.05, 3.63) is 0 Å². The molecule has 0 aromatic rings. The highest BCUT2D eigenvalue weighted by atomic mass is 15.3. The first-order valence-electron chi connectivity index (χ1n) is 4.74. The van der Waals surface area contributed by atoms with E-state index in [0.29, 0.717) is 0 Å².